The fourth-order valence-corrected chi connectivity index (χ4v) is 4.22. The van der Waals surface area contributed by atoms with Crippen LogP contribution in [-0.4, -0.2) is 66.8 Å². The molecule has 2 rings (SSSR count). The third kappa shape index (κ3) is 4.10. The second-order valence-corrected chi connectivity index (χ2v) is 13.0. The van der Waals surface area contributed by atoms with Crippen molar-refractivity contribution in [2.24, 2.45) is 5.41 Å². The van der Waals surface area contributed by atoms with Gasteiger partial charge in [0.1, 0.15) is 6.61 Å². The van der Waals surface area contributed by atoms with Crippen LogP contribution in [0.1, 0.15) is 40.0 Å². The molecular weight excluding hydrogens is 296 g/mol. The number of likely N-dealkylation sites (tertiary alicyclic amines) is 1. The van der Waals surface area contributed by atoms with Crippen LogP contribution in [0, 0.1) is 5.41 Å². The van der Waals surface area contributed by atoms with Gasteiger partial charge in [-0.3, -0.25) is 0 Å². The summed E-state index contributed by atoms with van der Waals surface area (Å²) in [6, 6.07) is 1.12. The van der Waals surface area contributed by atoms with E-state index in [1.807, 2.05) is 4.90 Å². The average molecular weight is 331 g/mol. The Morgan fingerprint density at radius 2 is 2.00 bits per heavy atom. The molecule has 2 aliphatic heterocycles. The molecule has 130 valence electrons. The number of piperazine rings is 1. The van der Waals surface area contributed by atoms with Crippen molar-refractivity contribution in [2.75, 3.05) is 37.7 Å². The zero-order valence-corrected chi connectivity index (χ0v) is 16.0. The maximum atomic E-state index is 12.7. The first-order valence-electron chi connectivity index (χ1n) is 8.49. The average Bonchev–Trinajstić information content (AvgIpc) is 2.77. The molecule has 2 aliphatic rings. The molecule has 2 bridgehead atoms. The number of carbonyl (C=O) groups excluding carboxylic acids is 1. The van der Waals surface area contributed by atoms with Crippen LogP contribution in [0.25, 0.3) is 0 Å². The van der Waals surface area contributed by atoms with Crippen molar-refractivity contribution < 1.29 is 9.53 Å². The van der Waals surface area contributed by atoms with Crippen molar-refractivity contribution in [2.45, 2.75) is 58.2 Å². The molecular formula is C17H34N2O2S. The summed E-state index contributed by atoms with van der Waals surface area (Å²) < 4.78 is 5.63. The van der Waals surface area contributed by atoms with E-state index in [0.29, 0.717) is 18.7 Å². The molecule has 1 N–H and O–H groups in total. The smallest absolute Gasteiger partial charge is 0.410 e. The summed E-state index contributed by atoms with van der Waals surface area (Å²) in [7, 11) is -0.614. The van der Waals surface area contributed by atoms with E-state index >= 15 is 0 Å². The lowest BCUT2D eigenvalue weighted by molar-refractivity contribution is 0.0204. The molecule has 1 amide bonds. The molecule has 0 aromatic heterocycles. The number of rotatable bonds is 5. The van der Waals surface area contributed by atoms with Gasteiger partial charge in [-0.05, 0) is 43.4 Å². The van der Waals surface area contributed by atoms with Crippen LogP contribution in [0.3, 0.4) is 0 Å². The lowest BCUT2D eigenvalue weighted by Crippen LogP contribution is -2.64. The highest BCUT2D eigenvalue weighted by Gasteiger charge is 2.48. The number of fused-ring (bicyclic) bond motifs is 2. The standard InChI is InChI=1S/C17H34N2O2S/c1-7-17(2,3)15-14-9-8-13(18-14)12-19(15)16(20)21-10-11-22(4,5)6/h13-15,18H,7-12H2,1-6H3/t13-,14+,15-/m1/s1. The minimum Gasteiger partial charge on any atom is -0.449 e. The van der Waals surface area contributed by atoms with Crippen LogP contribution in [0.5, 0.6) is 0 Å². The van der Waals surface area contributed by atoms with Gasteiger partial charge >= 0.3 is 6.09 Å². The molecule has 3 atom stereocenters. The summed E-state index contributed by atoms with van der Waals surface area (Å²) in [6.45, 7) is 8.12. The molecule has 22 heavy (non-hydrogen) atoms. The van der Waals surface area contributed by atoms with E-state index in [0.717, 1.165) is 18.7 Å². The molecule has 0 radical (unpaired) electrons. The number of amides is 1. The first kappa shape index (κ1) is 17.9. The fourth-order valence-electron chi connectivity index (χ4n) is 3.64. The van der Waals surface area contributed by atoms with Crippen molar-refractivity contribution in [3.05, 3.63) is 0 Å². The molecule has 0 aromatic rings. The number of nitrogens with one attached hydrogen (secondary N) is 1. The van der Waals surface area contributed by atoms with E-state index in [2.05, 4.69) is 44.9 Å². The van der Waals surface area contributed by atoms with Gasteiger partial charge < -0.3 is 15.0 Å². The SMILES string of the molecule is CCC(C)(C)[C@H]1[C@@H]2CC[C@H](CN1C(=O)OCCS(C)(C)C)N2. The lowest BCUT2D eigenvalue weighted by Gasteiger charge is -2.48. The van der Waals surface area contributed by atoms with Gasteiger partial charge in [0, 0.05) is 24.4 Å². The number of ether oxygens (including phenoxy) is 1. The third-order valence-corrected chi connectivity index (χ3v) is 6.67. The highest BCUT2D eigenvalue weighted by atomic mass is 32.3. The van der Waals surface area contributed by atoms with Crippen molar-refractivity contribution in [1.29, 1.82) is 0 Å². The van der Waals surface area contributed by atoms with Gasteiger partial charge in [-0.25, -0.2) is 14.8 Å². The summed E-state index contributed by atoms with van der Waals surface area (Å²) >= 11 is 0. The molecule has 2 heterocycles. The van der Waals surface area contributed by atoms with Crippen molar-refractivity contribution in [3.63, 3.8) is 0 Å². The zero-order valence-electron chi connectivity index (χ0n) is 15.1. The minimum absolute atomic E-state index is 0.103. The van der Waals surface area contributed by atoms with Crippen LogP contribution >= 0.6 is 10.0 Å². The second-order valence-electron chi connectivity index (χ2n) is 8.40. The van der Waals surface area contributed by atoms with Gasteiger partial charge in [-0.2, -0.15) is 0 Å². The first-order chi connectivity index (χ1) is 10.1. The Hall–Kier alpha value is -0.420. The Labute approximate surface area is 137 Å². The van der Waals surface area contributed by atoms with Gasteiger partial charge in [-0.1, -0.05) is 20.8 Å². The van der Waals surface area contributed by atoms with Gasteiger partial charge in [0.2, 0.25) is 0 Å². The lowest BCUT2D eigenvalue weighted by atomic mass is 9.76. The van der Waals surface area contributed by atoms with Gasteiger partial charge in [0.05, 0.1) is 6.04 Å². The summed E-state index contributed by atoms with van der Waals surface area (Å²) in [4.78, 5) is 14.7. The molecule has 4 nitrogen and oxygen atoms in total. The number of nitrogens with zero attached hydrogens (tertiary/aromatic N) is 1. The van der Waals surface area contributed by atoms with Crippen molar-refractivity contribution >= 4 is 16.1 Å². The van der Waals surface area contributed by atoms with Crippen molar-refractivity contribution in [3.8, 4) is 0 Å². The van der Waals surface area contributed by atoms with Gasteiger partial charge in [-0.15, -0.1) is 0 Å². The highest BCUT2D eigenvalue weighted by molar-refractivity contribution is 8.32. The monoisotopic (exact) mass is 330 g/mol. The van der Waals surface area contributed by atoms with Crippen LogP contribution in [-0.2, 0) is 4.74 Å². The minimum atomic E-state index is -0.614. The van der Waals surface area contributed by atoms with E-state index in [4.69, 9.17) is 4.74 Å². The molecule has 2 saturated heterocycles. The third-order valence-electron chi connectivity index (χ3n) is 5.28. The van der Waals surface area contributed by atoms with Crippen LogP contribution < -0.4 is 5.32 Å². The highest BCUT2D eigenvalue weighted by Crippen LogP contribution is 2.39. The maximum Gasteiger partial charge on any atom is 0.410 e. The van der Waals surface area contributed by atoms with Crippen LogP contribution in [0.4, 0.5) is 4.79 Å². The Kier molecular flexibility index (Phi) is 5.38. The number of hydrogen-bond acceptors (Lipinski definition) is 3. The molecule has 5 heteroatoms. The predicted molar refractivity (Wildman–Crippen MR) is 96.1 cm³/mol. The normalized spacial score (nSPS) is 29.5. The zero-order chi connectivity index (χ0) is 16.5. The molecule has 0 unspecified atom stereocenters. The van der Waals surface area contributed by atoms with E-state index in [9.17, 15) is 4.79 Å². The number of carbonyl (C=O) groups is 1. The van der Waals surface area contributed by atoms with Gasteiger partial charge in [0.15, 0.2) is 0 Å². The van der Waals surface area contributed by atoms with Crippen molar-refractivity contribution in [1.82, 2.24) is 10.2 Å². The van der Waals surface area contributed by atoms with E-state index < -0.39 is 10.0 Å². The Balaban J connectivity index is 2.04. The summed E-state index contributed by atoms with van der Waals surface area (Å²) in [5.74, 6) is 0.986. The fraction of sp³-hybridized carbons (Fsp3) is 0.941. The van der Waals surface area contributed by atoms with E-state index in [-0.39, 0.29) is 17.6 Å². The van der Waals surface area contributed by atoms with Gasteiger partial charge in [0.25, 0.3) is 0 Å². The quantitative estimate of drug-likeness (QED) is 0.842. The Morgan fingerprint density at radius 1 is 1.32 bits per heavy atom. The summed E-state index contributed by atoms with van der Waals surface area (Å²) in [5.41, 5.74) is 0.112. The van der Waals surface area contributed by atoms with Crippen LogP contribution in [0.15, 0.2) is 0 Å². The summed E-state index contributed by atoms with van der Waals surface area (Å²) in [5, 5.41) is 3.70. The molecule has 2 fully saturated rings. The predicted octanol–water partition coefficient (Wildman–Crippen LogP) is 3.06. The second kappa shape index (κ2) is 6.60. The Morgan fingerprint density at radius 3 is 2.59 bits per heavy atom. The van der Waals surface area contributed by atoms with E-state index in [1.165, 1.54) is 12.8 Å². The summed E-state index contributed by atoms with van der Waals surface area (Å²) in [6.07, 6.45) is 10.1. The molecule has 0 spiro atoms. The molecule has 0 saturated carbocycles. The Bertz CT molecular complexity index is 406. The largest absolute Gasteiger partial charge is 0.449 e. The maximum absolute atomic E-state index is 12.7. The molecule has 0 aliphatic carbocycles. The number of hydrogen-bond donors (Lipinski definition) is 1. The van der Waals surface area contributed by atoms with Crippen LogP contribution in [0.2, 0.25) is 0 Å². The first-order valence-corrected chi connectivity index (χ1v) is 11.5. The molecule has 0 aromatic carbocycles. The topological polar surface area (TPSA) is 41.6 Å². The van der Waals surface area contributed by atoms with E-state index in [1.54, 1.807) is 0 Å².